The number of halogens is 4. The van der Waals surface area contributed by atoms with Gasteiger partial charge in [0.15, 0.2) is 0 Å². The molecular formula is C26H30ClF3N4O4. The molecule has 2 heterocycles. The number of methoxy groups -OCH3 is 1. The van der Waals surface area contributed by atoms with Crippen molar-refractivity contribution in [3.63, 3.8) is 0 Å². The molecular weight excluding hydrogens is 525 g/mol. The van der Waals surface area contributed by atoms with E-state index in [-0.39, 0.29) is 29.3 Å². The molecule has 38 heavy (non-hydrogen) atoms. The quantitative estimate of drug-likeness (QED) is 0.432. The lowest BCUT2D eigenvalue weighted by molar-refractivity contribution is -0.257. The number of amides is 2. The number of benzene rings is 1. The van der Waals surface area contributed by atoms with Crippen molar-refractivity contribution in [3.8, 4) is 5.75 Å². The molecule has 3 N–H and O–H groups in total. The number of hydrogen-bond acceptors (Lipinski definition) is 6. The van der Waals surface area contributed by atoms with E-state index in [0.717, 1.165) is 44.5 Å². The predicted molar refractivity (Wildman–Crippen MR) is 135 cm³/mol. The number of rotatable bonds is 8. The predicted octanol–water partition coefficient (Wildman–Crippen LogP) is 3.52. The fraction of sp³-hybridized carbons (Fsp3) is 0.500. The maximum absolute atomic E-state index is 13.9. The number of nitrogens with zero attached hydrogens (tertiary/aromatic N) is 2. The summed E-state index contributed by atoms with van der Waals surface area (Å²) in [5, 5.41) is 15.5. The highest BCUT2D eigenvalue weighted by molar-refractivity contribution is 6.32. The molecule has 1 saturated heterocycles. The largest absolute Gasteiger partial charge is 0.497 e. The molecule has 0 bridgehead atoms. The van der Waals surface area contributed by atoms with E-state index in [0.29, 0.717) is 23.2 Å². The maximum Gasteiger partial charge on any atom is 0.430 e. The number of hydrogen-bond donors (Lipinski definition) is 3. The number of pyridine rings is 1. The summed E-state index contributed by atoms with van der Waals surface area (Å²) >= 11 is 6.18. The molecule has 3 atom stereocenters. The molecule has 4 rings (SSSR count). The summed E-state index contributed by atoms with van der Waals surface area (Å²) in [6.45, 7) is 1.52. The molecule has 1 saturated carbocycles. The highest BCUT2D eigenvalue weighted by Crippen LogP contribution is 2.48. The third-order valence-corrected chi connectivity index (χ3v) is 7.79. The Kier molecular flexibility index (Phi) is 8.08. The molecule has 1 aromatic heterocycles. The fourth-order valence-electron chi connectivity index (χ4n) is 5.17. The van der Waals surface area contributed by atoms with Gasteiger partial charge in [-0.25, -0.2) is 4.98 Å². The van der Waals surface area contributed by atoms with E-state index < -0.39 is 23.2 Å². The standard InChI is InChI=1S/C26H30ClF3N4O4/c1-31-23(35)19-6-7-21(33-22(19)27)34-10-8-15(9-11-34)20-12-16(20)14-32-24(36)25(37,26(28,29)30)17-4-3-5-18(13-17)38-2/h3-7,13,15-16,20,37H,8-12,14H2,1-2H3,(H,31,35)(H,32,36)/t16-,20+,25?/m0/s1. The van der Waals surface area contributed by atoms with Crippen LogP contribution in [0.25, 0.3) is 0 Å². The molecule has 0 radical (unpaired) electrons. The number of ether oxygens (including phenoxy) is 1. The third kappa shape index (κ3) is 5.54. The van der Waals surface area contributed by atoms with E-state index in [1.165, 1.54) is 26.3 Å². The van der Waals surface area contributed by atoms with Crippen LogP contribution in [0.4, 0.5) is 19.0 Å². The van der Waals surface area contributed by atoms with Crippen LogP contribution in [0.1, 0.15) is 35.2 Å². The molecule has 8 nitrogen and oxygen atoms in total. The van der Waals surface area contributed by atoms with Crippen molar-refractivity contribution in [1.82, 2.24) is 15.6 Å². The van der Waals surface area contributed by atoms with Gasteiger partial charge in [-0.1, -0.05) is 23.7 Å². The Balaban J connectivity index is 1.31. The van der Waals surface area contributed by atoms with Crippen molar-refractivity contribution >= 4 is 29.2 Å². The van der Waals surface area contributed by atoms with Crippen molar-refractivity contribution in [2.75, 3.05) is 38.7 Å². The monoisotopic (exact) mass is 554 g/mol. The summed E-state index contributed by atoms with van der Waals surface area (Å²) in [6.07, 6.45) is -2.68. The van der Waals surface area contributed by atoms with Gasteiger partial charge in [-0.05, 0) is 61.3 Å². The van der Waals surface area contributed by atoms with Gasteiger partial charge in [0.1, 0.15) is 16.7 Å². The number of anilines is 1. The summed E-state index contributed by atoms with van der Waals surface area (Å²) in [6, 6.07) is 8.19. The molecule has 2 fully saturated rings. The topological polar surface area (TPSA) is 104 Å². The van der Waals surface area contributed by atoms with Crippen LogP contribution in [0.3, 0.4) is 0 Å². The molecule has 1 aromatic carbocycles. The van der Waals surface area contributed by atoms with Crippen LogP contribution in [-0.4, -0.2) is 61.9 Å². The Morgan fingerprint density at radius 1 is 1.21 bits per heavy atom. The van der Waals surface area contributed by atoms with Crippen molar-refractivity contribution < 1.29 is 32.6 Å². The molecule has 12 heteroatoms. The Labute approximate surface area is 223 Å². The Hall–Kier alpha value is -3.05. The molecule has 1 unspecified atom stereocenters. The van der Waals surface area contributed by atoms with Gasteiger partial charge in [0.05, 0.1) is 12.7 Å². The van der Waals surface area contributed by atoms with Crippen molar-refractivity contribution in [2.24, 2.45) is 17.8 Å². The minimum Gasteiger partial charge on any atom is -0.497 e. The zero-order chi connectivity index (χ0) is 27.7. The molecule has 1 aliphatic heterocycles. The lowest BCUT2D eigenvalue weighted by atomic mass is 9.90. The SMILES string of the molecule is CNC(=O)c1ccc(N2CCC([C@H]3C[C@H]3CNC(=O)C(O)(c3cccc(OC)c3)C(F)(F)F)CC2)nc1Cl. The lowest BCUT2D eigenvalue weighted by Gasteiger charge is -2.33. The first-order valence-electron chi connectivity index (χ1n) is 12.3. The second kappa shape index (κ2) is 11.0. The van der Waals surface area contributed by atoms with Crippen LogP contribution < -0.4 is 20.3 Å². The first kappa shape index (κ1) is 28.0. The Bertz CT molecular complexity index is 1190. The summed E-state index contributed by atoms with van der Waals surface area (Å²) in [5.41, 5.74) is -3.98. The number of piperidine rings is 1. The first-order valence-corrected chi connectivity index (χ1v) is 12.7. The number of aromatic nitrogens is 1. The second-order valence-corrected chi connectivity index (χ2v) is 10.1. The maximum atomic E-state index is 13.9. The number of carbonyl (C=O) groups excluding carboxylic acids is 2. The number of aliphatic hydroxyl groups is 1. The minimum absolute atomic E-state index is 0.0534. The highest BCUT2D eigenvalue weighted by Gasteiger charge is 2.61. The first-order chi connectivity index (χ1) is 18.0. The van der Waals surface area contributed by atoms with Crippen LogP contribution in [0.2, 0.25) is 5.15 Å². The van der Waals surface area contributed by atoms with Gasteiger partial charge in [-0.15, -0.1) is 0 Å². The van der Waals surface area contributed by atoms with Crippen LogP contribution in [0, 0.1) is 17.8 Å². The molecule has 1 aliphatic carbocycles. The fourth-order valence-corrected chi connectivity index (χ4v) is 5.40. The molecule has 206 valence electrons. The summed E-state index contributed by atoms with van der Waals surface area (Å²) in [7, 11) is 2.81. The van der Waals surface area contributed by atoms with Crippen LogP contribution in [-0.2, 0) is 10.4 Å². The number of nitrogens with one attached hydrogen (secondary N) is 2. The number of carbonyl (C=O) groups is 2. The summed E-state index contributed by atoms with van der Waals surface area (Å²) in [4.78, 5) is 30.9. The van der Waals surface area contributed by atoms with Gasteiger partial charge in [-0.3, -0.25) is 9.59 Å². The average molecular weight is 555 g/mol. The van der Waals surface area contributed by atoms with E-state index in [2.05, 4.69) is 20.5 Å². The van der Waals surface area contributed by atoms with Crippen LogP contribution >= 0.6 is 11.6 Å². The number of alkyl halides is 3. The summed E-state index contributed by atoms with van der Waals surface area (Å²) in [5.74, 6) is -0.304. The smallest absolute Gasteiger partial charge is 0.430 e. The van der Waals surface area contributed by atoms with Gasteiger partial charge in [0.2, 0.25) is 0 Å². The second-order valence-electron chi connectivity index (χ2n) is 9.72. The Morgan fingerprint density at radius 3 is 2.53 bits per heavy atom. The van der Waals surface area contributed by atoms with Crippen molar-refractivity contribution in [2.45, 2.75) is 31.0 Å². The van der Waals surface area contributed by atoms with E-state index in [9.17, 15) is 27.9 Å². The minimum atomic E-state index is -5.21. The van der Waals surface area contributed by atoms with Gasteiger partial charge in [0.25, 0.3) is 17.4 Å². The average Bonchev–Trinajstić information content (AvgIpc) is 3.70. The lowest BCUT2D eigenvalue weighted by Crippen LogP contribution is -2.54. The normalized spacial score (nSPS) is 21.4. The van der Waals surface area contributed by atoms with E-state index in [4.69, 9.17) is 16.3 Å². The van der Waals surface area contributed by atoms with Crippen LogP contribution in [0.15, 0.2) is 36.4 Å². The van der Waals surface area contributed by atoms with Gasteiger partial charge >= 0.3 is 6.18 Å². The van der Waals surface area contributed by atoms with Crippen LogP contribution in [0.5, 0.6) is 5.75 Å². The van der Waals surface area contributed by atoms with Gasteiger partial charge < -0.3 is 25.4 Å². The van der Waals surface area contributed by atoms with E-state index in [1.807, 2.05) is 0 Å². The summed E-state index contributed by atoms with van der Waals surface area (Å²) < 4.78 is 46.6. The molecule has 2 amide bonds. The highest BCUT2D eigenvalue weighted by atomic mass is 35.5. The third-order valence-electron chi connectivity index (χ3n) is 7.50. The van der Waals surface area contributed by atoms with Crippen molar-refractivity contribution in [3.05, 3.63) is 52.7 Å². The molecule has 2 aliphatic rings. The van der Waals surface area contributed by atoms with Gasteiger partial charge in [0, 0.05) is 32.2 Å². The molecule has 2 aromatic rings. The van der Waals surface area contributed by atoms with Gasteiger partial charge in [-0.2, -0.15) is 13.2 Å². The van der Waals surface area contributed by atoms with Crippen molar-refractivity contribution in [1.29, 1.82) is 0 Å². The Morgan fingerprint density at radius 2 is 1.92 bits per heavy atom. The zero-order valence-electron chi connectivity index (χ0n) is 21.0. The molecule has 0 spiro atoms. The van der Waals surface area contributed by atoms with E-state index in [1.54, 1.807) is 12.1 Å². The zero-order valence-corrected chi connectivity index (χ0v) is 21.8. The van der Waals surface area contributed by atoms with E-state index >= 15 is 0 Å².